The maximum Gasteiger partial charge on any atom is 0.289 e. The van der Waals surface area contributed by atoms with Gasteiger partial charge in [-0.05, 0) is 50.1 Å². The van der Waals surface area contributed by atoms with Crippen molar-refractivity contribution in [1.29, 1.82) is 0 Å². The fourth-order valence-corrected chi connectivity index (χ4v) is 3.51. The zero-order chi connectivity index (χ0) is 19.3. The molecule has 2 aromatic rings. The van der Waals surface area contributed by atoms with E-state index in [0.717, 1.165) is 17.6 Å². The Morgan fingerprint density at radius 3 is 2.38 bits per heavy atom. The lowest BCUT2D eigenvalue weighted by atomic mass is 10.1. The summed E-state index contributed by atoms with van der Waals surface area (Å²) in [6.45, 7) is 4.41. The van der Waals surface area contributed by atoms with Crippen molar-refractivity contribution in [2.45, 2.75) is 32.1 Å². The standard InChI is InChI=1S/C19H25NO5S/c1-5-20(14(2)12-15-6-8-16(24-3)9-7-15)19(21)18-11-10-17(25-18)13-26(4,22)23/h6-11,14H,5,12-13H2,1-4H3. The quantitative estimate of drug-likeness (QED) is 0.705. The molecule has 0 saturated heterocycles. The molecule has 0 bridgehead atoms. The van der Waals surface area contributed by atoms with Crippen LogP contribution >= 0.6 is 0 Å². The van der Waals surface area contributed by atoms with Crippen LogP contribution in [0.15, 0.2) is 40.8 Å². The van der Waals surface area contributed by atoms with Crippen LogP contribution in [0, 0.1) is 0 Å². The molecule has 0 aliphatic carbocycles. The number of sulfone groups is 1. The molecule has 1 amide bonds. The molecule has 1 unspecified atom stereocenters. The van der Waals surface area contributed by atoms with Crippen molar-refractivity contribution < 1.29 is 22.4 Å². The third kappa shape index (κ3) is 5.36. The molecule has 26 heavy (non-hydrogen) atoms. The molecule has 1 aromatic carbocycles. The summed E-state index contributed by atoms with van der Waals surface area (Å²) >= 11 is 0. The predicted octanol–water partition coefficient (Wildman–Crippen LogP) is 2.93. The molecule has 2 rings (SSSR count). The SMILES string of the molecule is CCN(C(=O)c1ccc(CS(C)(=O)=O)o1)C(C)Cc1ccc(OC)cc1. The summed E-state index contributed by atoms with van der Waals surface area (Å²) in [5, 5.41) is 0. The minimum absolute atomic E-state index is 0.0376. The number of amides is 1. The van der Waals surface area contributed by atoms with Crippen molar-refractivity contribution >= 4 is 15.7 Å². The first-order valence-corrected chi connectivity index (χ1v) is 10.5. The predicted molar refractivity (Wildman–Crippen MR) is 100 cm³/mol. The van der Waals surface area contributed by atoms with Gasteiger partial charge in [0.15, 0.2) is 15.6 Å². The lowest BCUT2D eigenvalue weighted by Gasteiger charge is -2.27. The van der Waals surface area contributed by atoms with Gasteiger partial charge in [-0.25, -0.2) is 8.42 Å². The monoisotopic (exact) mass is 379 g/mol. The number of nitrogens with zero attached hydrogens (tertiary/aromatic N) is 1. The van der Waals surface area contributed by atoms with Crippen LogP contribution < -0.4 is 4.74 Å². The number of rotatable bonds is 8. The van der Waals surface area contributed by atoms with Crippen LogP contribution in [0.1, 0.15) is 35.7 Å². The number of carbonyl (C=O) groups excluding carboxylic acids is 1. The van der Waals surface area contributed by atoms with Crippen molar-refractivity contribution in [3.63, 3.8) is 0 Å². The third-order valence-electron chi connectivity index (χ3n) is 4.10. The molecule has 0 aliphatic rings. The molecular formula is C19H25NO5S. The Hall–Kier alpha value is -2.28. The average Bonchev–Trinajstić information content (AvgIpc) is 3.02. The van der Waals surface area contributed by atoms with Crippen LogP contribution in [0.5, 0.6) is 5.75 Å². The minimum Gasteiger partial charge on any atom is -0.497 e. The van der Waals surface area contributed by atoms with Gasteiger partial charge in [0.25, 0.3) is 5.91 Å². The molecule has 0 spiro atoms. The van der Waals surface area contributed by atoms with Gasteiger partial charge < -0.3 is 14.1 Å². The number of likely N-dealkylation sites (N-methyl/N-ethyl adjacent to an activating group) is 1. The highest BCUT2D eigenvalue weighted by Crippen LogP contribution is 2.18. The number of carbonyl (C=O) groups is 1. The van der Waals surface area contributed by atoms with E-state index in [4.69, 9.17) is 9.15 Å². The number of ether oxygens (including phenoxy) is 1. The molecule has 0 N–H and O–H groups in total. The summed E-state index contributed by atoms with van der Waals surface area (Å²) in [4.78, 5) is 14.5. The maximum absolute atomic E-state index is 12.7. The van der Waals surface area contributed by atoms with Gasteiger partial charge >= 0.3 is 0 Å². The largest absolute Gasteiger partial charge is 0.497 e. The van der Waals surface area contributed by atoms with Crippen LogP contribution in [0.25, 0.3) is 0 Å². The first kappa shape index (κ1) is 20.0. The van der Waals surface area contributed by atoms with Gasteiger partial charge in [0.1, 0.15) is 17.3 Å². The molecule has 0 saturated carbocycles. The van der Waals surface area contributed by atoms with Crippen LogP contribution in [0.3, 0.4) is 0 Å². The normalized spacial score (nSPS) is 12.6. The van der Waals surface area contributed by atoms with E-state index in [1.165, 1.54) is 12.1 Å². The number of hydrogen-bond donors (Lipinski definition) is 0. The van der Waals surface area contributed by atoms with Gasteiger partial charge in [-0.15, -0.1) is 0 Å². The van der Waals surface area contributed by atoms with Crippen molar-refractivity contribution in [3.8, 4) is 5.75 Å². The highest BCUT2D eigenvalue weighted by molar-refractivity contribution is 7.89. The van der Waals surface area contributed by atoms with Crippen LogP contribution in [0.2, 0.25) is 0 Å². The summed E-state index contributed by atoms with van der Waals surface area (Å²) < 4.78 is 33.3. The van der Waals surface area contributed by atoms with Gasteiger partial charge in [-0.1, -0.05) is 12.1 Å². The van der Waals surface area contributed by atoms with Gasteiger partial charge in [-0.3, -0.25) is 4.79 Å². The van der Waals surface area contributed by atoms with Crippen molar-refractivity contribution in [2.24, 2.45) is 0 Å². The molecule has 1 aromatic heterocycles. The molecule has 142 valence electrons. The van der Waals surface area contributed by atoms with Gasteiger partial charge in [0, 0.05) is 18.8 Å². The molecule has 0 radical (unpaired) electrons. The average molecular weight is 379 g/mol. The first-order chi connectivity index (χ1) is 12.2. The number of furan rings is 1. The summed E-state index contributed by atoms with van der Waals surface area (Å²) in [6, 6.07) is 10.8. The lowest BCUT2D eigenvalue weighted by molar-refractivity contribution is 0.0669. The number of methoxy groups -OCH3 is 1. The van der Waals surface area contributed by atoms with Crippen LogP contribution in [-0.4, -0.2) is 45.2 Å². The third-order valence-corrected chi connectivity index (χ3v) is 4.91. The summed E-state index contributed by atoms with van der Waals surface area (Å²) in [6.07, 6.45) is 1.83. The van der Waals surface area contributed by atoms with E-state index in [1.54, 1.807) is 12.0 Å². The van der Waals surface area contributed by atoms with Crippen LogP contribution in [-0.2, 0) is 22.0 Å². The maximum atomic E-state index is 12.7. The molecule has 1 atom stereocenters. The van der Waals surface area contributed by atoms with Crippen molar-refractivity contribution in [1.82, 2.24) is 4.90 Å². The Bertz CT molecular complexity index is 839. The van der Waals surface area contributed by atoms with Gasteiger partial charge in [0.2, 0.25) is 0 Å². The summed E-state index contributed by atoms with van der Waals surface area (Å²) in [5.74, 6) is 0.766. The fraction of sp³-hybridized carbons (Fsp3) is 0.421. The number of hydrogen-bond acceptors (Lipinski definition) is 5. The zero-order valence-corrected chi connectivity index (χ0v) is 16.4. The molecule has 6 nitrogen and oxygen atoms in total. The summed E-state index contributed by atoms with van der Waals surface area (Å²) in [5.41, 5.74) is 1.10. The topological polar surface area (TPSA) is 76.8 Å². The van der Waals surface area contributed by atoms with E-state index in [-0.39, 0.29) is 29.2 Å². The van der Waals surface area contributed by atoms with Crippen molar-refractivity contribution in [3.05, 3.63) is 53.5 Å². The smallest absolute Gasteiger partial charge is 0.289 e. The lowest BCUT2D eigenvalue weighted by Crippen LogP contribution is -2.39. The highest BCUT2D eigenvalue weighted by atomic mass is 32.2. The van der Waals surface area contributed by atoms with Gasteiger partial charge in [0.05, 0.1) is 7.11 Å². The second-order valence-electron chi connectivity index (χ2n) is 6.33. The summed E-state index contributed by atoms with van der Waals surface area (Å²) in [7, 11) is -1.59. The van der Waals surface area contributed by atoms with E-state index in [1.807, 2.05) is 38.1 Å². The Kier molecular flexibility index (Phi) is 6.47. The Morgan fingerprint density at radius 2 is 1.85 bits per heavy atom. The van der Waals surface area contributed by atoms with E-state index in [2.05, 4.69) is 0 Å². The highest BCUT2D eigenvalue weighted by Gasteiger charge is 2.23. The second kappa shape index (κ2) is 8.40. The Balaban J connectivity index is 2.09. The Morgan fingerprint density at radius 1 is 1.19 bits per heavy atom. The fourth-order valence-electron chi connectivity index (χ4n) is 2.84. The molecule has 0 fully saturated rings. The van der Waals surface area contributed by atoms with Crippen molar-refractivity contribution in [2.75, 3.05) is 19.9 Å². The van der Waals surface area contributed by atoms with Gasteiger partial charge in [-0.2, -0.15) is 0 Å². The first-order valence-electron chi connectivity index (χ1n) is 8.43. The minimum atomic E-state index is -3.21. The molecule has 1 heterocycles. The number of benzene rings is 1. The van der Waals surface area contributed by atoms with E-state index < -0.39 is 9.84 Å². The molecule has 7 heteroatoms. The van der Waals surface area contributed by atoms with E-state index in [0.29, 0.717) is 13.0 Å². The molecule has 0 aliphatic heterocycles. The second-order valence-corrected chi connectivity index (χ2v) is 8.47. The van der Waals surface area contributed by atoms with Crippen LogP contribution in [0.4, 0.5) is 0 Å². The van der Waals surface area contributed by atoms with E-state index in [9.17, 15) is 13.2 Å². The zero-order valence-electron chi connectivity index (χ0n) is 15.6. The Labute approximate surface area is 154 Å². The molecular weight excluding hydrogens is 354 g/mol. The van der Waals surface area contributed by atoms with E-state index >= 15 is 0 Å².